The average Bonchev–Trinajstić information content (AvgIpc) is 2.88. The van der Waals surface area contributed by atoms with Crippen molar-refractivity contribution in [2.24, 2.45) is 18.9 Å². The molecule has 2 unspecified atom stereocenters. The van der Waals surface area contributed by atoms with E-state index < -0.39 is 0 Å². The van der Waals surface area contributed by atoms with Crippen molar-refractivity contribution in [1.82, 2.24) is 20.3 Å². The molecular weight excluding hydrogens is 204 g/mol. The largest absolute Gasteiger partial charge is 0.396 e. The van der Waals surface area contributed by atoms with Crippen molar-refractivity contribution < 1.29 is 5.11 Å². The van der Waals surface area contributed by atoms with Gasteiger partial charge in [-0.15, -0.1) is 5.10 Å². The highest BCUT2D eigenvalue weighted by atomic mass is 16.3. The summed E-state index contributed by atoms with van der Waals surface area (Å²) in [6, 6.07) is 0. The number of nitrogens with one attached hydrogen (secondary N) is 1. The highest BCUT2D eigenvalue weighted by Crippen LogP contribution is 2.30. The highest BCUT2D eigenvalue weighted by Gasteiger charge is 2.25. The van der Waals surface area contributed by atoms with E-state index in [0.29, 0.717) is 18.4 Å². The maximum atomic E-state index is 9.21. The lowest BCUT2D eigenvalue weighted by molar-refractivity contribution is 0.192. The van der Waals surface area contributed by atoms with Crippen LogP contribution in [0.5, 0.6) is 0 Å². The number of aromatic nitrogens is 3. The van der Waals surface area contributed by atoms with Crippen molar-refractivity contribution in [3.8, 4) is 0 Å². The Hall–Kier alpha value is -0.940. The summed E-state index contributed by atoms with van der Waals surface area (Å²) in [5.41, 5.74) is 1.10. The van der Waals surface area contributed by atoms with Crippen LogP contribution < -0.4 is 5.32 Å². The molecule has 1 heterocycles. The quantitative estimate of drug-likeness (QED) is 0.756. The molecule has 0 spiro atoms. The molecule has 0 bridgehead atoms. The molecule has 1 aromatic heterocycles. The van der Waals surface area contributed by atoms with E-state index in [1.807, 2.05) is 7.05 Å². The molecule has 2 atom stereocenters. The van der Waals surface area contributed by atoms with Crippen LogP contribution in [0.25, 0.3) is 0 Å². The highest BCUT2D eigenvalue weighted by molar-refractivity contribution is 4.92. The summed E-state index contributed by atoms with van der Waals surface area (Å²) in [5.74, 6) is 1.13. The first-order valence-electron chi connectivity index (χ1n) is 5.96. The molecule has 0 amide bonds. The number of hydrogen-bond donors (Lipinski definition) is 2. The molecule has 0 radical (unpaired) electrons. The van der Waals surface area contributed by atoms with Gasteiger partial charge in [0.2, 0.25) is 0 Å². The van der Waals surface area contributed by atoms with E-state index in [9.17, 15) is 5.11 Å². The van der Waals surface area contributed by atoms with Crippen molar-refractivity contribution in [2.45, 2.75) is 25.8 Å². The van der Waals surface area contributed by atoms with Gasteiger partial charge in [0.15, 0.2) is 0 Å². The summed E-state index contributed by atoms with van der Waals surface area (Å²) in [4.78, 5) is 0. The van der Waals surface area contributed by atoms with Gasteiger partial charge in [-0.3, -0.25) is 4.68 Å². The van der Waals surface area contributed by atoms with Crippen molar-refractivity contribution in [1.29, 1.82) is 0 Å². The van der Waals surface area contributed by atoms with Gasteiger partial charge in [-0.1, -0.05) is 11.6 Å². The summed E-state index contributed by atoms with van der Waals surface area (Å²) in [6.07, 6.45) is 5.45. The number of aliphatic hydroxyl groups excluding tert-OH is 1. The first kappa shape index (κ1) is 11.5. The van der Waals surface area contributed by atoms with Gasteiger partial charge in [0.05, 0.1) is 11.9 Å². The Labute approximate surface area is 95.8 Å². The minimum atomic E-state index is 0.333. The summed E-state index contributed by atoms with van der Waals surface area (Å²) < 4.78 is 1.78. The standard InChI is InChI=1S/C11H20N4O/c1-15-11(7-13-14-15)6-12-5-9-3-2-4-10(9)8-16/h7,9-10,12,16H,2-6,8H2,1H3. The number of aryl methyl sites for hydroxylation is 1. The molecule has 1 aliphatic carbocycles. The average molecular weight is 224 g/mol. The second-order valence-corrected chi connectivity index (χ2v) is 4.61. The summed E-state index contributed by atoms with van der Waals surface area (Å²) >= 11 is 0. The van der Waals surface area contributed by atoms with Crippen LogP contribution in [0.1, 0.15) is 25.0 Å². The van der Waals surface area contributed by atoms with E-state index in [1.54, 1.807) is 10.9 Å². The van der Waals surface area contributed by atoms with E-state index in [4.69, 9.17) is 0 Å². The lowest BCUT2D eigenvalue weighted by Gasteiger charge is -2.17. The molecule has 1 saturated carbocycles. The van der Waals surface area contributed by atoms with Crippen LogP contribution in [0.15, 0.2) is 6.20 Å². The van der Waals surface area contributed by atoms with E-state index in [0.717, 1.165) is 18.8 Å². The fourth-order valence-corrected chi connectivity index (χ4v) is 2.48. The number of rotatable bonds is 5. The Morgan fingerprint density at radius 2 is 2.31 bits per heavy atom. The number of hydrogen-bond acceptors (Lipinski definition) is 4. The van der Waals surface area contributed by atoms with Crippen LogP contribution in [0.4, 0.5) is 0 Å². The Kier molecular flexibility index (Phi) is 3.90. The van der Waals surface area contributed by atoms with Gasteiger partial charge < -0.3 is 10.4 Å². The third kappa shape index (κ3) is 2.59. The normalized spacial score (nSPS) is 25.1. The van der Waals surface area contributed by atoms with E-state index in [-0.39, 0.29) is 0 Å². The second-order valence-electron chi connectivity index (χ2n) is 4.61. The predicted molar refractivity (Wildman–Crippen MR) is 60.6 cm³/mol. The molecule has 2 N–H and O–H groups in total. The minimum absolute atomic E-state index is 0.333. The van der Waals surface area contributed by atoms with Crippen LogP contribution in [-0.2, 0) is 13.6 Å². The Morgan fingerprint density at radius 3 is 3.00 bits per heavy atom. The lowest BCUT2D eigenvalue weighted by Crippen LogP contribution is -2.27. The minimum Gasteiger partial charge on any atom is -0.396 e. The summed E-state index contributed by atoms with van der Waals surface area (Å²) in [6.45, 7) is 2.12. The molecule has 5 nitrogen and oxygen atoms in total. The zero-order valence-electron chi connectivity index (χ0n) is 9.76. The van der Waals surface area contributed by atoms with Crippen molar-refractivity contribution in [3.05, 3.63) is 11.9 Å². The van der Waals surface area contributed by atoms with Gasteiger partial charge in [-0.2, -0.15) is 0 Å². The molecule has 16 heavy (non-hydrogen) atoms. The topological polar surface area (TPSA) is 63.0 Å². The maximum absolute atomic E-state index is 9.21. The molecule has 1 aliphatic rings. The smallest absolute Gasteiger partial charge is 0.0738 e. The first-order chi connectivity index (χ1) is 7.81. The monoisotopic (exact) mass is 224 g/mol. The van der Waals surface area contributed by atoms with Gasteiger partial charge in [0.1, 0.15) is 0 Å². The molecular formula is C11H20N4O. The van der Waals surface area contributed by atoms with Gasteiger partial charge >= 0.3 is 0 Å². The van der Waals surface area contributed by atoms with Crippen LogP contribution >= 0.6 is 0 Å². The lowest BCUT2D eigenvalue weighted by atomic mass is 9.97. The third-order valence-electron chi connectivity index (χ3n) is 3.57. The molecule has 5 heteroatoms. The molecule has 2 rings (SSSR count). The predicted octanol–water partition coefficient (Wildman–Crippen LogP) is 0.313. The van der Waals surface area contributed by atoms with Crippen molar-refractivity contribution in [2.75, 3.05) is 13.2 Å². The van der Waals surface area contributed by atoms with Gasteiger partial charge in [0.25, 0.3) is 0 Å². The van der Waals surface area contributed by atoms with Crippen LogP contribution in [0.2, 0.25) is 0 Å². The SMILES string of the molecule is Cn1nncc1CNCC1CCCC1CO. The van der Waals surface area contributed by atoms with E-state index in [1.165, 1.54) is 19.3 Å². The zero-order chi connectivity index (χ0) is 11.4. The molecule has 1 fully saturated rings. The molecule has 0 aliphatic heterocycles. The molecule has 0 aromatic carbocycles. The van der Waals surface area contributed by atoms with Crippen LogP contribution in [0, 0.1) is 11.8 Å². The molecule has 0 saturated heterocycles. The molecule has 1 aromatic rings. The summed E-state index contributed by atoms with van der Waals surface area (Å²) in [7, 11) is 1.90. The Balaban J connectivity index is 1.74. The maximum Gasteiger partial charge on any atom is 0.0738 e. The van der Waals surface area contributed by atoms with Crippen molar-refractivity contribution in [3.63, 3.8) is 0 Å². The third-order valence-corrected chi connectivity index (χ3v) is 3.57. The number of aliphatic hydroxyl groups is 1. The zero-order valence-corrected chi connectivity index (χ0v) is 9.76. The Morgan fingerprint density at radius 1 is 1.50 bits per heavy atom. The molecule has 90 valence electrons. The van der Waals surface area contributed by atoms with Gasteiger partial charge in [-0.25, -0.2) is 0 Å². The van der Waals surface area contributed by atoms with E-state index >= 15 is 0 Å². The summed E-state index contributed by atoms with van der Waals surface area (Å²) in [5, 5.41) is 20.4. The Bertz CT molecular complexity index is 326. The van der Waals surface area contributed by atoms with Crippen molar-refractivity contribution >= 4 is 0 Å². The van der Waals surface area contributed by atoms with Gasteiger partial charge in [-0.05, 0) is 31.2 Å². The second kappa shape index (κ2) is 5.41. The van der Waals surface area contributed by atoms with Gasteiger partial charge in [0, 0.05) is 20.2 Å². The van der Waals surface area contributed by atoms with E-state index in [2.05, 4.69) is 15.6 Å². The van der Waals surface area contributed by atoms with Crippen LogP contribution in [0.3, 0.4) is 0 Å². The first-order valence-corrected chi connectivity index (χ1v) is 5.96. The van der Waals surface area contributed by atoms with Crippen LogP contribution in [-0.4, -0.2) is 33.3 Å². The fourth-order valence-electron chi connectivity index (χ4n) is 2.48. The fraction of sp³-hybridized carbons (Fsp3) is 0.818. The number of nitrogens with zero attached hydrogens (tertiary/aromatic N) is 3.